The lowest BCUT2D eigenvalue weighted by molar-refractivity contribution is -0.137. The van der Waals surface area contributed by atoms with Crippen LogP contribution in [-0.4, -0.2) is 33.5 Å². The summed E-state index contributed by atoms with van der Waals surface area (Å²) in [5, 5.41) is 29.4. The van der Waals surface area contributed by atoms with Gasteiger partial charge in [0.1, 0.15) is 0 Å². The molecule has 2 saturated carbocycles. The van der Waals surface area contributed by atoms with Crippen LogP contribution in [0.3, 0.4) is 0 Å². The first-order valence-corrected chi connectivity index (χ1v) is 9.76. The number of hydrogen-bond acceptors (Lipinski definition) is 3. The van der Waals surface area contributed by atoms with Gasteiger partial charge in [-0.3, -0.25) is 4.79 Å². The number of rotatable bonds is 8. The molecule has 0 bridgehead atoms. The minimum Gasteiger partial charge on any atom is -0.481 e. The Morgan fingerprint density at radius 1 is 1.38 bits per heavy atom. The number of allylic oxidation sites excluding steroid dienone is 2. The quantitative estimate of drug-likeness (QED) is 0.351. The summed E-state index contributed by atoms with van der Waals surface area (Å²) in [6.45, 7) is 3.79. The van der Waals surface area contributed by atoms with Gasteiger partial charge in [-0.2, -0.15) is 0 Å². The average Bonchev–Trinajstić information content (AvgIpc) is 3.10. The van der Waals surface area contributed by atoms with Crippen LogP contribution in [0, 0.1) is 35.5 Å². The van der Waals surface area contributed by atoms with Gasteiger partial charge >= 0.3 is 5.97 Å². The molecule has 2 fully saturated rings. The molecule has 0 saturated heterocycles. The van der Waals surface area contributed by atoms with Gasteiger partial charge in [-0.1, -0.05) is 30.7 Å². The molecule has 0 unspecified atom stereocenters. The van der Waals surface area contributed by atoms with Crippen LogP contribution >= 0.6 is 0 Å². The van der Waals surface area contributed by atoms with Crippen molar-refractivity contribution in [2.24, 2.45) is 23.7 Å². The first kappa shape index (κ1) is 20.7. The molecular formula is C22H32O4. The molecule has 0 spiro atoms. The minimum absolute atomic E-state index is 0.0845. The molecular weight excluding hydrogens is 328 g/mol. The molecule has 2 aliphatic rings. The highest BCUT2D eigenvalue weighted by atomic mass is 16.4. The standard InChI is InChI=1S/C22H32O4/c1-3-4-7-15(2)20(23)11-10-18-19-13-16(8-5-6-9-22(25)26)12-17(19)14-21(18)24/h8,10-11,15,17-21,23-24H,5-7,9,12-14H2,1-2H3,(H,25,26)/b11-10+,16-8+/t15-,17-,18-,19+,20+,21-/m1/s1. The molecule has 0 aromatic heterocycles. The Bertz CT molecular complexity index is 595. The second kappa shape index (κ2) is 9.94. The molecule has 4 nitrogen and oxygen atoms in total. The summed E-state index contributed by atoms with van der Waals surface area (Å²) in [7, 11) is 0. The molecule has 3 N–H and O–H groups in total. The summed E-state index contributed by atoms with van der Waals surface area (Å²) < 4.78 is 0. The molecule has 4 heteroatoms. The van der Waals surface area contributed by atoms with Crippen LogP contribution in [0.25, 0.3) is 0 Å². The Hall–Kier alpha value is -1.57. The SMILES string of the molecule is CC#CC[C@@H](C)[C@@H](O)/C=C/[C@@H]1[C@H]2C/C(=C/CCCC(=O)O)C[C@@H]2C[C@H]1O. The van der Waals surface area contributed by atoms with Gasteiger partial charge in [-0.25, -0.2) is 0 Å². The summed E-state index contributed by atoms with van der Waals surface area (Å²) in [4.78, 5) is 10.6. The fourth-order valence-corrected chi connectivity index (χ4v) is 4.31. The molecule has 0 heterocycles. The number of aliphatic hydroxyl groups excluding tert-OH is 2. The first-order chi connectivity index (χ1) is 12.4. The van der Waals surface area contributed by atoms with E-state index < -0.39 is 12.1 Å². The monoisotopic (exact) mass is 360 g/mol. The van der Waals surface area contributed by atoms with Crippen LogP contribution in [0.5, 0.6) is 0 Å². The highest BCUT2D eigenvalue weighted by Gasteiger charge is 2.44. The van der Waals surface area contributed by atoms with E-state index in [2.05, 4.69) is 17.9 Å². The van der Waals surface area contributed by atoms with Crippen molar-refractivity contribution in [1.29, 1.82) is 0 Å². The van der Waals surface area contributed by atoms with Gasteiger partial charge < -0.3 is 15.3 Å². The van der Waals surface area contributed by atoms with Gasteiger partial charge in [0.15, 0.2) is 0 Å². The van der Waals surface area contributed by atoms with Crippen LogP contribution in [-0.2, 0) is 4.79 Å². The largest absolute Gasteiger partial charge is 0.481 e. The Balaban J connectivity index is 1.89. The van der Waals surface area contributed by atoms with Crippen molar-refractivity contribution >= 4 is 5.97 Å². The third-order valence-corrected chi connectivity index (χ3v) is 5.85. The molecule has 2 rings (SSSR count). The number of carboxylic acids is 1. The zero-order chi connectivity index (χ0) is 19.1. The number of fused-ring (bicyclic) bond motifs is 1. The van der Waals surface area contributed by atoms with E-state index >= 15 is 0 Å². The Labute approximate surface area is 157 Å². The third-order valence-electron chi connectivity index (χ3n) is 5.85. The van der Waals surface area contributed by atoms with Crippen molar-refractivity contribution in [2.45, 2.75) is 71.0 Å². The van der Waals surface area contributed by atoms with Crippen LogP contribution < -0.4 is 0 Å². The number of aliphatic carboxylic acids is 1. The molecule has 144 valence electrons. The number of hydrogen-bond donors (Lipinski definition) is 3. The van der Waals surface area contributed by atoms with Crippen molar-refractivity contribution in [3.63, 3.8) is 0 Å². The molecule has 6 atom stereocenters. The van der Waals surface area contributed by atoms with Crippen LogP contribution in [0.15, 0.2) is 23.8 Å². The minimum atomic E-state index is -0.738. The summed E-state index contributed by atoms with van der Waals surface area (Å²) in [6.07, 6.45) is 10.4. The molecule has 0 aromatic rings. The fraction of sp³-hybridized carbons (Fsp3) is 0.682. The van der Waals surface area contributed by atoms with Crippen LogP contribution in [0.1, 0.15) is 58.8 Å². The zero-order valence-corrected chi connectivity index (χ0v) is 15.9. The van der Waals surface area contributed by atoms with E-state index in [0.717, 1.165) is 25.7 Å². The lowest BCUT2D eigenvalue weighted by Crippen LogP contribution is -2.19. The Kier molecular flexibility index (Phi) is 7.93. The van der Waals surface area contributed by atoms with E-state index in [0.29, 0.717) is 24.7 Å². The van der Waals surface area contributed by atoms with E-state index in [4.69, 9.17) is 5.11 Å². The number of carbonyl (C=O) groups is 1. The van der Waals surface area contributed by atoms with Gasteiger partial charge in [-0.05, 0) is 56.8 Å². The molecule has 2 aliphatic carbocycles. The molecule has 0 radical (unpaired) electrons. The second-order valence-electron chi connectivity index (χ2n) is 7.84. The van der Waals surface area contributed by atoms with Gasteiger partial charge in [0.25, 0.3) is 0 Å². The summed E-state index contributed by atoms with van der Waals surface area (Å²) >= 11 is 0. The Morgan fingerprint density at radius 2 is 2.15 bits per heavy atom. The van der Waals surface area contributed by atoms with E-state index in [1.54, 1.807) is 6.92 Å². The van der Waals surface area contributed by atoms with E-state index in [9.17, 15) is 15.0 Å². The van der Waals surface area contributed by atoms with Gasteiger partial charge in [0, 0.05) is 18.8 Å². The zero-order valence-electron chi connectivity index (χ0n) is 15.9. The van der Waals surface area contributed by atoms with E-state index in [1.807, 2.05) is 19.1 Å². The Morgan fingerprint density at radius 3 is 2.85 bits per heavy atom. The van der Waals surface area contributed by atoms with Crippen molar-refractivity contribution in [3.8, 4) is 11.8 Å². The number of unbranched alkanes of at least 4 members (excludes halogenated alkanes) is 1. The summed E-state index contributed by atoms with van der Waals surface area (Å²) in [5.74, 6) is 6.25. The van der Waals surface area contributed by atoms with Crippen molar-refractivity contribution in [2.75, 3.05) is 0 Å². The fourth-order valence-electron chi connectivity index (χ4n) is 4.31. The van der Waals surface area contributed by atoms with Crippen LogP contribution in [0.4, 0.5) is 0 Å². The maximum atomic E-state index is 10.6. The van der Waals surface area contributed by atoms with Gasteiger partial charge in [0.05, 0.1) is 12.2 Å². The topological polar surface area (TPSA) is 77.8 Å². The lowest BCUT2D eigenvalue weighted by Gasteiger charge is -2.19. The number of carboxylic acid groups (broad SMARTS) is 1. The maximum Gasteiger partial charge on any atom is 0.303 e. The third kappa shape index (κ3) is 5.72. The molecule has 0 aliphatic heterocycles. The highest BCUT2D eigenvalue weighted by molar-refractivity contribution is 5.66. The second-order valence-corrected chi connectivity index (χ2v) is 7.84. The smallest absolute Gasteiger partial charge is 0.303 e. The highest BCUT2D eigenvalue weighted by Crippen LogP contribution is 2.50. The van der Waals surface area contributed by atoms with Gasteiger partial charge in [-0.15, -0.1) is 11.8 Å². The lowest BCUT2D eigenvalue weighted by atomic mass is 9.89. The van der Waals surface area contributed by atoms with E-state index in [1.165, 1.54) is 5.57 Å². The number of aliphatic hydroxyl groups is 2. The molecule has 26 heavy (non-hydrogen) atoms. The molecule has 0 amide bonds. The van der Waals surface area contributed by atoms with Gasteiger partial charge in [0.2, 0.25) is 0 Å². The normalized spacial score (nSPS) is 31.6. The van der Waals surface area contributed by atoms with Crippen LogP contribution in [0.2, 0.25) is 0 Å². The predicted molar refractivity (Wildman–Crippen MR) is 102 cm³/mol. The van der Waals surface area contributed by atoms with Crippen molar-refractivity contribution < 1.29 is 20.1 Å². The average molecular weight is 360 g/mol. The summed E-state index contributed by atoms with van der Waals surface area (Å²) in [6, 6.07) is 0. The molecule has 0 aromatic carbocycles. The predicted octanol–water partition coefficient (Wildman–Crippen LogP) is 3.54. The first-order valence-electron chi connectivity index (χ1n) is 9.76. The summed E-state index contributed by atoms with van der Waals surface area (Å²) in [5.41, 5.74) is 1.41. The van der Waals surface area contributed by atoms with E-state index in [-0.39, 0.29) is 24.4 Å². The van der Waals surface area contributed by atoms with Crippen molar-refractivity contribution in [1.82, 2.24) is 0 Å². The van der Waals surface area contributed by atoms with Crippen molar-refractivity contribution in [3.05, 3.63) is 23.8 Å². The maximum absolute atomic E-state index is 10.6.